The molecular weight excluding hydrogens is 631 g/mol. The van der Waals surface area contributed by atoms with Crippen molar-refractivity contribution in [1.29, 1.82) is 0 Å². The standard InChI is InChI=1S/C17H14N4O4S.C14H13N3O2S/c1-11-16(26-15(19-11)12-4-3-9-18-10-12)20(2)17(22)25-14-7-5-13(6-8-14)21(23)24;1-4-8-19-14(18)17(3)13-10(2)16-12(20-13)11-6-5-7-15-9-11/h3-10H,1-2H3;1,5-7,9H,8H2,2-3H3. The number of hydrogen-bond donors (Lipinski definition) is 0. The highest BCUT2D eigenvalue weighted by Gasteiger charge is 2.21. The van der Waals surface area contributed by atoms with E-state index >= 15 is 0 Å². The lowest BCUT2D eigenvalue weighted by Crippen LogP contribution is -2.29. The number of amides is 2. The topological polar surface area (TPSA) is 154 Å². The number of non-ortho nitro benzene ring substituents is 1. The molecule has 0 N–H and O–H groups in total. The molecule has 5 rings (SSSR count). The summed E-state index contributed by atoms with van der Waals surface area (Å²) in [4.78, 5) is 54.1. The van der Waals surface area contributed by atoms with Crippen LogP contribution in [0.1, 0.15) is 11.4 Å². The molecule has 0 saturated carbocycles. The van der Waals surface area contributed by atoms with Crippen LogP contribution in [0.4, 0.5) is 25.3 Å². The first-order chi connectivity index (χ1) is 22.1. The smallest absolute Gasteiger partial charge is 0.420 e. The number of pyridine rings is 2. The molecule has 0 unspecified atom stereocenters. The number of aromatic nitrogens is 4. The minimum absolute atomic E-state index is 0.0452. The van der Waals surface area contributed by atoms with Crippen molar-refractivity contribution >= 4 is 50.5 Å². The Kier molecular flexibility index (Phi) is 11.1. The first kappa shape index (κ1) is 33.2. The summed E-state index contributed by atoms with van der Waals surface area (Å²) in [5.41, 5.74) is 3.16. The zero-order valence-corrected chi connectivity index (χ0v) is 26.7. The molecular formula is C31H27N7O6S2. The Morgan fingerprint density at radius 3 is 1.80 bits per heavy atom. The van der Waals surface area contributed by atoms with Crippen LogP contribution < -0.4 is 14.5 Å². The van der Waals surface area contributed by atoms with Gasteiger partial charge in [0.1, 0.15) is 25.8 Å². The van der Waals surface area contributed by atoms with E-state index in [2.05, 4.69) is 25.9 Å². The van der Waals surface area contributed by atoms with Crippen molar-refractivity contribution in [3.63, 3.8) is 0 Å². The molecule has 0 bridgehead atoms. The predicted octanol–water partition coefficient (Wildman–Crippen LogP) is 6.78. The number of hydrogen-bond acceptors (Lipinski definition) is 12. The van der Waals surface area contributed by atoms with Crippen LogP contribution in [0.3, 0.4) is 0 Å². The molecule has 4 heterocycles. The third-order valence-corrected chi connectivity index (χ3v) is 8.62. The maximum absolute atomic E-state index is 12.4. The third-order valence-electron chi connectivity index (χ3n) is 6.05. The summed E-state index contributed by atoms with van der Waals surface area (Å²) in [5, 5.41) is 13.6. The maximum atomic E-state index is 12.4. The molecule has 0 fully saturated rings. The molecule has 15 heteroatoms. The number of nitro groups is 1. The Morgan fingerprint density at radius 2 is 1.37 bits per heavy atom. The summed E-state index contributed by atoms with van der Waals surface area (Å²) >= 11 is 2.76. The van der Waals surface area contributed by atoms with Gasteiger partial charge in [-0.25, -0.2) is 19.6 Å². The fraction of sp³-hybridized carbons (Fsp3) is 0.161. The zero-order valence-electron chi connectivity index (χ0n) is 25.1. The Hall–Kier alpha value is -5.72. The second-order valence-corrected chi connectivity index (χ2v) is 11.3. The number of terminal acetylenes is 1. The van der Waals surface area contributed by atoms with Crippen LogP contribution in [0, 0.1) is 36.3 Å². The number of benzene rings is 1. The number of carbonyl (C=O) groups is 2. The number of nitrogens with zero attached hydrogens (tertiary/aromatic N) is 7. The second-order valence-electron chi connectivity index (χ2n) is 9.30. The zero-order chi connectivity index (χ0) is 33.2. The molecule has 46 heavy (non-hydrogen) atoms. The monoisotopic (exact) mass is 657 g/mol. The molecule has 234 valence electrons. The van der Waals surface area contributed by atoms with Gasteiger partial charge in [-0.2, -0.15) is 0 Å². The van der Waals surface area contributed by atoms with Crippen LogP contribution in [0.25, 0.3) is 21.1 Å². The molecule has 5 aromatic rings. The van der Waals surface area contributed by atoms with E-state index in [4.69, 9.17) is 15.9 Å². The molecule has 0 aliphatic heterocycles. The third kappa shape index (κ3) is 8.25. The molecule has 0 aliphatic carbocycles. The van der Waals surface area contributed by atoms with E-state index in [1.54, 1.807) is 45.8 Å². The van der Waals surface area contributed by atoms with Gasteiger partial charge in [-0.15, -0.1) is 6.42 Å². The molecule has 0 radical (unpaired) electrons. The molecule has 0 aliphatic rings. The Balaban J connectivity index is 0.000000216. The summed E-state index contributed by atoms with van der Waals surface area (Å²) in [5.74, 6) is 2.48. The van der Waals surface area contributed by atoms with Gasteiger partial charge in [-0.05, 0) is 50.2 Å². The normalized spacial score (nSPS) is 10.2. The highest BCUT2D eigenvalue weighted by atomic mass is 32.1. The van der Waals surface area contributed by atoms with Crippen molar-refractivity contribution < 1.29 is 24.0 Å². The van der Waals surface area contributed by atoms with Gasteiger partial charge in [0.15, 0.2) is 6.61 Å². The van der Waals surface area contributed by atoms with E-state index in [1.165, 1.54) is 56.7 Å². The van der Waals surface area contributed by atoms with Crippen LogP contribution in [-0.4, -0.2) is 57.7 Å². The average molecular weight is 658 g/mol. The SMILES string of the molecule is C#CCOC(=O)N(C)c1sc(-c2cccnc2)nc1C.Cc1nc(-c2cccnc2)sc1N(C)C(=O)Oc1ccc([N+](=O)[O-])cc1. The van der Waals surface area contributed by atoms with Gasteiger partial charge < -0.3 is 9.47 Å². The maximum Gasteiger partial charge on any atom is 0.420 e. The summed E-state index contributed by atoms with van der Waals surface area (Å²) < 4.78 is 10.2. The molecule has 2 amide bonds. The fourth-order valence-corrected chi connectivity index (χ4v) is 5.81. The van der Waals surface area contributed by atoms with Crippen molar-refractivity contribution in [3.8, 4) is 39.2 Å². The largest absolute Gasteiger partial charge is 0.436 e. The number of carbonyl (C=O) groups excluding carboxylic acids is 2. The minimum atomic E-state index is -0.608. The lowest BCUT2D eigenvalue weighted by Gasteiger charge is -2.15. The van der Waals surface area contributed by atoms with E-state index in [-0.39, 0.29) is 18.0 Å². The number of thiazole rings is 2. The van der Waals surface area contributed by atoms with Crippen LogP contribution in [0.5, 0.6) is 5.75 Å². The lowest BCUT2D eigenvalue weighted by atomic mass is 10.3. The van der Waals surface area contributed by atoms with E-state index in [0.29, 0.717) is 10.7 Å². The van der Waals surface area contributed by atoms with E-state index in [9.17, 15) is 19.7 Å². The number of nitro benzene ring substituents is 1. The molecule has 0 atom stereocenters. The Bertz CT molecular complexity index is 1860. The average Bonchev–Trinajstić information content (AvgIpc) is 3.66. The van der Waals surface area contributed by atoms with Gasteiger partial charge in [0.05, 0.1) is 16.3 Å². The number of aryl methyl sites for hydroxylation is 2. The van der Waals surface area contributed by atoms with Gasteiger partial charge in [-0.1, -0.05) is 28.6 Å². The van der Waals surface area contributed by atoms with Gasteiger partial charge in [0, 0.05) is 62.1 Å². The van der Waals surface area contributed by atoms with Crippen LogP contribution in [0.2, 0.25) is 0 Å². The predicted molar refractivity (Wildman–Crippen MR) is 176 cm³/mol. The highest BCUT2D eigenvalue weighted by Crippen LogP contribution is 2.35. The Morgan fingerprint density at radius 1 is 0.870 bits per heavy atom. The molecule has 0 saturated heterocycles. The quantitative estimate of drug-likeness (QED) is 0.104. The van der Waals surface area contributed by atoms with Crippen LogP contribution >= 0.6 is 22.7 Å². The minimum Gasteiger partial charge on any atom is -0.436 e. The summed E-state index contributed by atoms with van der Waals surface area (Å²) in [6.45, 7) is 3.61. The van der Waals surface area contributed by atoms with E-state index in [0.717, 1.165) is 31.8 Å². The molecule has 4 aromatic heterocycles. The highest BCUT2D eigenvalue weighted by molar-refractivity contribution is 7.19. The van der Waals surface area contributed by atoms with Gasteiger partial charge in [0.25, 0.3) is 5.69 Å². The number of anilines is 2. The van der Waals surface area contributed by atoms with E-state index < -0.39 is 17.1 Å². The first-order valence-corrected chi connectivity index (χ1v) is 15.0. The first-order valence-electron chi connectivity index (χ1n) is 13.4. The van der Waals surface area contributed by atoms with Crippen LogP contribution in [0.15, 0.2) is 73.3 Å². The number of rotatable bonds is 7. The van der Waals surface area contributed by atoms with Crippen LogP contribution in [-0.2, 0) is 4.74 Å². The second kappa shape index (κ2) is 15.3. The molecule has 0 spiro atoms. The summed E-state index contributed by atoms with van der Waals surface area (Å²) in [6, 6.07) is 12.8. The lowest BCUT2D eigenvalue weighted by molar-refractivity contribution is -0.384. The molecule has 13 nitrogen and oxygen atoms in total. The van der Waals surface area contributed by atoms with Crippen molar-refractivity contribution in [3.05, 3.63) is 94.8 Å². The van der Waals surface area contributed by atoms with Gasteiger partial charge in [-0.3, -0.25) is 29.9 Å². The van der Waals surface area contributed by atoms with Gasteiger partial charge >= 0.3 is 12.2 Å². The fourth-order valence-electron chi connectivity index (χ4n) is 3.80. The Labute approximate surface area is 272 Å². The van der Waals surface area contributed by atoms with Gasteiger partial charge in [0.2, 0.25) is 0 Å². The summed E-state index contributed by atoms with van der Waals surface area (Å²) in [6.07, 6.45) is 10.8. The van der Waals surface area contributed by atoms with Crippen molar-refractivity contribution in [1.82, 2.24) is 19.9 Å². The van der Waals surface area contributed by atoms with Crippen molar-refractivity contribution in [2.75, 3.05) is 30.5 Å². The van der Waals surface area contributed by atoms with Crippen molar-refractivity contribution in [2.24, 2.45) is 0 Å². The van der Waals surface area contributed by atoms with Crippen molar-refractivity contribution in [2.45, 2.75) is 13.8 Å². The number of ether oxygens (including phenoxy) is 2. The summed E-state index contributed by atoms with van der Waals surface area (Å²) in [7, 11) is 3.22. The molecule has 1 aromatic carbocycles. The van der Waals surface area contributed by atoms with E-state index in [1.807, 2.05) is 31.2 Å².